The van der Waals surface area contributed by atoms with E-state index in [4.69, 9.17) is 9.84 Å². The van der Waals surface area contributed by atoms with Gasteiger partial charge in [0, 0.05) is 18.5 Å². The van der Waals surface area contributed by atoms with E-state index in [0.717, 1.165) is 24.0 Å². The quantitative estimate of drug-likeness (QED) is 0.664. The van der Waals surface area contributed by atoms with Crippen molar-refractivity contribution in [2.45, 2.75) is 37.6 Å². The highest BCUT2D eigenvalue weighted by Gasteiger charge is 2.54. The van der Waals surface area contributed by atoms with Gasteiger partial charge in [0.25, 0.3) is 0 Å². The molecule has 166 valence electrons. The van der Waals surface area contributed by atoms with Crippen LogP contribution in [0.1, 0.15) is 42.7 Å². The van der Waals surface area contributed by atoms with Gasteiger partial charge in [-0.3, -0.25) is 9.59 Å². The van der Waals surface area contributed by atoms with Crippen LogP contribution in [0.15, 0.2) is 48.5 Å². The zero-order valence-electron chi connectivity index (χ0n) is 17.8. The second-order valence-corrected chi connectivity index (χ2v) is 9.02. The molecule has 2 aromatic rings. The smallest absolute Gasteiger partial charge is 0.407 e. The molecule has 5 rings (SSSR count). The third-order valence-electron chi connectivity index (χ3n) is 6.78. The zero-order chi connectivity index (χ0) is 22.3. The van der Waals surface area contributed by atoms with E-state index in [1.54, 1.807) is 0 Å². The van der Waals surface area contributed by atoms with Gasteiger partial charge in [-0.2, -0.15) is 0 Å². The number of alkyl carbamates (subject to hydrolysis) is 1. The molecule has 0 aromatic heterocycles. The number of hydrogen-bond acceptors (Lipinski definition) is 4. The van der Waals surface area contributed by atoms with Gasteiger partial charge >= 0.3 is 12.1 Å². The molecule has 3 aliphatic carbocycles. The Morgan fingerprint density at radius 3 is 2.12 bits per heavy atom. The summed E-state index contributed by atoms with van der Waals surface area (Å²) in [5.74, 6) is -1.20. The Balaban J connectivity index is 1.19. The van der Waals surface area contributed by atoms with Gasteiger partial charge in [0.15, 0.2) is 0 Å². The van der Waals surface area contributed by atoms with Crippen LogP contribution in [0.25, 0.3) is 11.1 Å². The number of hydrogen-bond donors (Lipinski definition) is 2. The van der Waals surface area contributed by atoms with Crippen molar-refractivity contribution in [3.63, 3.8) is 0 Å². The lowest BCUT2D eigenvalue weighted by Gasteiger charge is -2.26. The van der Waals surface area contributed by atoms with E-state index in [1.807, 2.05) is 24.3 Å². The molecule has 2 N–H and O–H groups in total. The topological polar surface area (TPSA) is 95.9 Å². The average Bonchev–Trinajstić information content (AvgIpc) is 3.72. The van der Waals surface area contributed by atoms with Crippen molar-refractivity contribution < 1.29 is 24.2 Å². The summed E-state index contributed by atoms with van der Waals surface area (Å²) in [5, 5.41) is 11.9. The minimum Gasteiger partial charge on any atom is -0.480 e. The number of carboxylic acids is 1. The summed E-state index contributed by atoms with van der Waals surface area (Å²) in [7, 11) is 0. The van der Waals surface area contributed by atoms with Crippen molar-refractivity contribution >= 4 is 18.0 Å². The molecule has 0 bridgehead atoms. The Morgan fingerprint density at radius 2 is 1.59 bits per heavy atom. The SMILES string of the molecule is O=C(O)CN(C(=O)C1(CNC(=O)OCC2c3ccccc3-c3ccccc32)CC1)C1CC1. The first-order valence-corrected chi connectivity index (χ1v) is 11.1. The number of ether oxygens (including phenoxy) is 1. The minimum absolute atomic E-state index is 0.0190. The van der Waals surface area contributed by atoms with Gasteiger partial charge < -0.3 is 20.1 Å². The van der Waals surface area contributed by atoms with Crippen LogP contribution in [0.3, 0.4) is 0 Å². The highest BCUT2D eigenvalue weighted by molar-refractivity contribution is 5.89. The molecule has 2 aromatic carbocycles. The van der Waals surface area contributed by atoms with Gasteiger partial charge in [-0.25, -0.2) is 4.79 Å². The van der Waals surface area contributed by atoms with Crippen molar-refractivity contribution in [3.8, 4) is 11.1 Å². The molecule has 3 aliphatic rings. The minimum atomic E-state index is -1.01. The van der Waals surface area contributed by atoms with E-state index >= 15 is 0 Å². The number of carbonyl (C=O) groups excluding carboxylic acids is 2. The molecule has 0 spiro atoms. The number of nitrogens with one attached hydrogen (secondary N) is 1. The Kier molecular flexibility index (Phi) is 5.12. The first kappa shape index (κ1) is 20.5. The fourth-order valence-electron chi connectivity index (χ4n) is 4.71. The molecule has 0 saturated heterocycles. The maximum Gasteiger partial charge on any atom is 0.407 e. The van der Waals surface area contributed by atoms with Crippen LogP contribution >= 0.6 is 0 Å². The molecule has 0 aliphatic heterocycles. The molecule has 0 heterocycles. The summed E-state index contributed by atoms with van der Waals surface area (Å²) in [4.78, 5) is 38.1. The lowest BCUT2D eigenvalue weighted by Crippen LogP contribution is -2.46. The zero-order valence-corrected chi connectivity index (χ0v) is 17.8. The van der Waals surface area contributed by atoms with E-state index in [2.05, 4.69) is 29.6 Å². The summed E-state index contributed by atoms with van der Waals surface area (Å²) in [6.07, 6.45) is 2.43. The van der Waals surface area contributed by atoms with Crippen LogP contribution in [0.4, 0.5) is 4.79 Å². The number of carbonyl (C=O) groups is 3. The number of amides is 2. The molecule has 7 nitrogen and oxygen atoms in total. The molecule has 2 saturated carbocycles. The van der Waals surface area contributed by atoms with Crippen LogP contribution in [0, 0.1) is 5.41 Å². The van der Waals surface area contributed by atoms with Gasteiger partial charge in [-0.05, 0) is 47.9 Å². The Bertz CT molecular complexity index is 1030. The number of fused-ring (bicyclic) bond motifs is 3. The number of rotatable bonds is 8. The molecule has 7 heteroatoms. The molecule has 2 amide bonds. The lowest BCUT2D eigenvalue weighted by atomic mass is 9.98. The van der Waals surface area contributed by atoms with Gasteiger partial charge in [0.05, 0.1) is 5.41 Å². The molecular formula is C25H26N2O5. The van der Waals surface area contributed by atoms with E-state index in [9.17, 15) is 14.4 Å². The predicted molar refractivity (Wildman–Crippen MR) is 117 cm³/mol. The lowest BCUT2D eigenvalue weighted by molar-refractivity contribution is -0.147. The van der Waals surface area contributed by atoms with Crippen molar-refractivity contribution in [3.05, 3.63) is 59.7 Å². The third-order valence-corrected chi connectivity index (χ3v) is 6.78. The molecule has 0 radical (unpaired) electrons. The summed E-state index contributed by atoms with van der Waals surface area (Å²) < 4.78 is 5.56. The molecule has 2 fully saturated rings. The van der Waals surface area contributed by atoms with E-state index in [0.29, 0.717) is 12.8 Å². The Hall–Kier alpha value is -3.35. The van der Waals surface area contributed by atoms with Crippen molar-refractivity contribution in [1.82, 2.24) is 10.2 Å². The molecule has 0 unspecified atom stereocenters. The maximum atomic E-state index is 13.0. The predicted octanol–water partition coefficient (Wildman–Crippen LogP) is 3.38. The van der Waals surface area contributed by atoms with Crippen molar-refractivity contribution in [2.75, 3.05) is 19.7 Å². The Labute approximate surface area is 186 Å². The summed E-state index contributed by atoms with van der Waals surface area (Å²) >= 11 is 0. The largest absolute Gasteiger partial charge is 0.480 e. The standard InChI is InChI=1S/C25H26N2O5/c28-22(29)13-27(16-9-10-16)23(30)25(11-12-25)15-26-24(31)32-14-21-19-7-3-1-5-17(19)18-6-2-4-8-20(18)21/h1-8,16,21H,9-15H2,(H,26,31)(H,28,29). The van der Waals surface area contributed by atoms with Crippen LogP contribution in [-0.2, 0) is 14.3 Å². The third kappa shape index (κ3) is 3.83. The number of carboxylic acid groups (broad SMARTS) is 1. The molecule has 0 atom stereocenters. The van der Waals surface area contributed by atoms with Crippen molar-refractivity contribution in [2.24, 2.45) is 5.41 Å². The first-order valence-electron chi connectivity index (χ1n) is 11.1. The van der Waals surface area contributed by atoms with Gasteiger partial charge in [-0.1, -0.05) is 48.5 Å². The normalized spacial score (nSPS) is 17.8. The number of benzene rings is 2. The second-order valence-electron chi connectivity index (χ2n) is 9.02. The maximum absolute atomic E-state index is 13.0. The molecule has 32 heavy (non-hydrogen) atoms. The second kappa shape index (κ2) is 7.97. The monoisotopic (exact) mass is 434 g/mol. The first-order chi connectivity index (χ1) is 15.5. The van der Waals surface area contributed by atoms with Crippen LogP contribution in [-0.4, -0.2) is 53.7 Å². The fraction of sp³-hybridized carbons (Fsp3) is 0.400. The van der Waals surface area contributed by atoms with Gasteiger partial charge in [0.2, 0.25) is 5.91 Å². The van der Waals surface area contributed by atoms with E-state index in [-0.39, 0.29) is 37.6 Å². The summed E-state index contributed by atoms with van der Waals surface area (Å²) in [6.45, 7) is 0.107. The van der Waals surface area contributed by atoms with Crippen LogP contribution in [0.5, 0.6) is 0 Å². The average molecular weight is 434 g/mol. The number of nitrogens with zero attached hydrogens (tertiary/aromatic N) is 1. The highest BCUT2D eigenvalue weighted by Crippen LogP contribution is 2.48. The van der Waals surface area contributed by atoms with E-state index in [1.165, 1.54) is 16.0 Å². The van der Waals surface area contributed by atoms with Crippen LogP contribution < -0.4 is 5.32 Å². The van der Waals surface area contributed by atoms with Gasteiger partial charge in [-0.15, -0.1) is 0 Å². The van der Waals surface area contributed by atoms with Crippen molar-refractivity contribution in [1.29, 1.82) is 0 Å². The van der Waals surface area contributed by atoms with Gasteiger partial charge in [0.1, 0.15) is 13.2 Å². The van der Waals surface area contributed by atoms with Crippen LogP contribution in [0.2, 0.25) is 0 Å². The molecular weight excluding hydrogens is 408 g/mol. The fourth-order valence-corrected chi connectivity index (χ4v) is 4.71. The summed E-state index contributed by atoms with van der Waals surface area (Å²) in [6, 6.07) is 16.3. The van der Waals surface area contributed by atoms with E-state index < -0.39 is 17.5 Å². The Morgan fingerprint density at radius 1 is 1.00 bits per heavy atom. The highest BCUT2D eigenvalue weighted by atomic mass is 16.5. The number of aliphatic carboxylic acids is 1. The summed E-state index contributed by atoms with van der Waals surface area (Å²) in [5.41, 5.74) is 3.92.